The number of ether oxygens (including phenoxy) is 1. The minimum absolute atomic E-state index is 0.0447. The number of nitrogens with zero attached hydrogens (tertiary/aromatic N) is 4. The molecule has 1 unspecified atom stereocenters. The molecule has 0 bridgehead atoms. The van der Waals surface area contributed by atoms with Crippen molar-refractivity contribution in [3.63, 3.8) is 0 Å². The van der Waals surface area contributed by atoms with Crippen molar-refractivity contribution < 1.29 is 17.9 Å². The Hall–Kier alpha value is -1.74. The van der Waals surface area contributed by atoms with Crippen molar-refractivity contribution in [2.45, 2.75) is 45.6 Å². The van der Waals surface area contributed by atoms with Gasteiger partial charge in [-0.1, -0.05) is 13.8 Å². The number of aryl methyl sites for hydroxylation is 1. The molecule has 0 N–H and O–H groups in total. The number of amides is 1. The van der Waals surface area contributed by atoms with Crippen molar-refractivity contribution in [1.82, 2.24) is 14.3 Å². The minimum Gasteiger partial charge on any atom is -0.447 e. The van der Waals surface area contributed by atoms with Crippen molar-refractivity contribution in [2.75, 3.05) is 30.9 Å². The molecule has 0 radical (unpaired) electrons. The molecule has 0 aromatic carbocycles. The van der Waals surface area contributed by atoms with Crippen LogP contribution in [0, 0.1) is 12.8 Å². The predicted octanol–water partition coefficient (Wildman–Crippen LogP) is 1.91. The SMILES string of the molecule is Cc1cc(N2C(=O)OCC2C(C)C)nc(C2CCN(S(C)(=O)=O)CC2)n1. The first kappa shape index (κ1) is 19.0. The summed E-state index contributed by atoms with van der Waals surface area (Å²) >= 11 is 0. The zero-order chi connectivity index (χ0) is 19.1. The quantitative estimate of drug-likeness (QED) is 0.790. The maximum Gasteiger partial charge on any atom is 0.415 e. The Kier molecular flexibility index (Phi) is 5.21. The van der Waals surface area contributed by atoms with Gasteiger partial charge in [-0.2, -0.15) is 0 Å². The molecule has 1 aromatic rings. The number of carbonyl (C=O) groups excluding carboxylic acids is 1. The van der Waals surface area contributed by atoms with Gasteiger partial charge in [0.25, 0.3) is 0 Å². The van der Waals surface area contributed by atoms with Crippen molar-refractivity contribution in [3.8, 4) is 0 Å². The highest BCUT2D eigenvalue weighted by molar-refractivity contribution is 7.88. The van der Waals surface area contributed by atoms with Crippen LogP contribution in [0.4, 0.5) is 10.6 Å². The van der Waals surface area contributed by atoms with Crippen molar-refractivity contribution in [2.24, 2.45) is 5.92 Å². The Morgan fingerprint density at radius 2 is 1.88 bits per heavy atom. The Labute approximate surface area is 154 Å². The first-order valence-corrected chi connectivity index (χ1v) is 10.8. The third kappa shape index (κ3) is 3.83. The molecule has 8 nitrogen and oxygen atoms in total. The number of carbonyl (C=O) groups is 1. The molecule has 2 aliphatic rings. The van der Waals surface area contributed by atoms with E-state index >= 15 is 0 Å². The Bertz CT molecular complexity index is 788. The van der Waals surface area contributed by atoms with Gasteiger partial charge >= 0.3 is 6.09 Å². The molecule has 2 fully saturated rings. The monoisotopic (exact) mass is 382 g/mol. The number of hydrogen-bond donors (Lipinski definition) is 0. The molecule has 0 aliphatic carbocycles. The molecule has 0 saturated carbocycles. The van der Waals surface area contributed by atoms with Crippen LogP contribution in [0.3, 0.4) is 0 Å². The van der Waals surface area contributed by atoms with E-state index in [-0.39, 0.29) is 24.0 Å². The van der Waals surface area contributed by atoms with E-state index in [1.165, 1.54) is 10.6 Å². The normalized spacial score (nSPS) is 22.9. The zero-order valence-electron chi connectivity index (χ0n) is 15.7. The number of hydrogen-bond acceptors (Lipinski definition) is 6. The molecule has 3 heterocycles. The summed E-state index contributed by atoms with van der Waals surface area (Å²) in [4.78, 5) is 23.0. The number of aromatic nitrogens is 2. The first-order valence-electron chi connectivity index (χ1n) is 8.93. The van der Waals surface area contributed by atoms with E-state index in [4.69, 9.17) is 4.74 Å². The molecular weight excluding hydrogens is 356 g/mol. The average molecular weight is 382 g/mol. The predicted molar refractivity (Wildman–Crippen MR) is 97.6 cm³/mol. The lowest BCUT2D eigenvalue weighted by Gasteiger charge is -2.30. The van der Waals surface area contributed by atoms with Crippen LogP contribution in [-0.2, 0) is 14.8 Å². The summed E-state index contributed by atoms with van der Waals surface area (Å²) in [6.45, 7) is 7.28. The number of sulfonamides is 1. The molecule has 9 heteroatoms. The Balaban J connectivity index is 1.84. The Morgan fingerprint density at radius 3 is 2.46 bits per heavy atom. The molecular formula is C17H26N4O4S. The number of anilines is 1. The maximum absolute atomic E-state index is 12.2. The van der Waals surface area contributed by atoms with Crippen LogP contribution < -0.4 is 4.90 Å². The summed E-state index contributed by atoms with van der Waals surface area (Å²) < 4.78 is 30.1. The topological polar surface area (TPSA) is 92.7 Å². The summed E-state index contributed by atoms with van der Waals surface area (Å²) in [5.74, 6) is 1.58. The van der Waals surface area contributed by atoms with Crippen molar-refractivity contribution in [1.29, 1.82) is 0 Å². The van der Waals surface area contributed by atoms with E-state index in [1.54, 1.807) is 11.0 Å². The lowest BCUT2D eigenvalue weighted by atomic mass is 9.97. The van der Waals surface area contributed by atoms with E-state index in [0.29, 0.717) is 44.2 Å². The second-order valence-corrected chi connectivity index (χ2v) is 9.40. The molecule has 2 saturated heterocycles. The number of cyclic esters (lactones) is 1. The summed E-state index contributed by atoms with van der Waals surface area (Å²) in [6, 6.07) is 1.76. The third-order valence-electron chi connectivity index (χ3n) is 5.07. The van der Waals surface area contributed by atoms with Crippen molar-refractivity contribution >= 4 is 21.9 Å². The van der Waals surface area contributed by atoms with Crippen LogP contribution in [0.2, 0.25) is 0 Å². The molecule has 3 rings (SSSR count). The molecule has 1 amide bonds. The van der Waals surface area contributed by atoms with Gasteiger partial charge in [0.2, 0.25) is 10.0 Å². The summed E-state index contributed by atoms with van der Waals surface area (Å²) in [5, 5.41) is 0. The summed E-state index contributed by atoms with van der Waals surface area (Å²) in [7, 11) is -3.16. The maximum atomic E-state index is 12.2. The van der Waals surface area contributed by atoms with Gasteiger partial charge in [0.05, 0.1) is 12.3 Å². The van der Waals surface area contributed by atoms with Gasteiger partial charge < -0.3 is 4.74 Å². The van der Waals surface area contributed by atoms with Crippen molar-refractivity contribution in [3.05, 3.63) is 17.6 Å². The first-order chi connectivity index (χ1) is 12.2. The number of piperidine rings is 1. The molecule has 2 aliphatic heterocycles. The molecule has 26 heavy (non-hydrogen) atoms. The van der Waals surface area contributed by atoms with Crippen LogP contribution in [0.25, 0.3) is 0 Å². The second kappa shape index (κ2) is 7.11. The molecule has 1 atom stereocenters. The van der Waals surface area contributed by atoms with Gasteiger partial charge in [-0.25, -0.2) is 27.5 Å². The molecule has 0 spiro atoms. The van der Waals surface area contributed by atoms with Gasteiger partial charge in [-0.05, 0) is 25.7 Å². The van der Waals surface area contributed by atoms with Gasteiger partial charge in [0.15, 0.2) is 0 Å². The van der Waals surface area contributed by atoms with Gasteiger partial charge in [-0.15, -0.1) is 0 Å². The highest BCUT2D eigenvalue weighted by Crippen LogP contribution is 2.31. The summed E-state index contributed by atoms with van der Waals surface area (Å²) in [6.07, 6.45) is 2.21. The lowest BCUT2D eigenvalue weighted by molar-refractivity contribution is 0.177. The average Bonchev–Trinajstić information content (AvgIpc) is 2.95. The Morgan fingerprint density at radius 1 is 1.23 bits per heavy atom. The van der Waals surface area contributed by atoms with Crippen LogP contribution in [0.1, 0.15) is 44.1 Å². The van der Waals surface area contributed by atoms with E-state index in [1.807, 2.05) is 6.92 Å². The standard InChI is InChI=1S/C17H26N4O4S/c1-11(2)14-10-25-17(22)21(14)15-9-12(3)18-16(19-15)13-5-7-20(8-6-13)26(4,23)24/h9,11,13-14H,5-8,10H2,1-4H3. The lowest BCUT2D eigenvalue weighted by Crippen LogP contribution is -2.39. The highest BCUT2D eigenvalue weighted by atomic mass is 32.2. The third-order valence-corrected chi connectivity index (χ3v) is 6.37. The molecule has 144 valence electrons. The van der Waals surface area contributed by atoms with Gasteiger partial charge in [0.1, 0.15) is 18.2 Å². The summed E-state index contributed by atoms with van der Waals surface area (Å²) in [5.41, 5.74) is 0.790. The second-order valence-electron chi connectivity index (χ2n) is 7.42. The van der Waals surface area contributed by atoms with E-state index in [9.17, 15) is 13.2 Å². The van der Waals surface area contributed by atoms with Crippen LogP contribution in [0.5, 0.6) is 0 Å². The number of rotatable bonds is 4. The van der Waals surface area contributed by atoms with Gasteiger partial charge in [-0.3, -0.25) is 4.90 Å². The van der Waals surface area contributed by atoms with E-state index in [2.05, 4.69) is 23.8 Å². The highest BCUT2D eigenvalue weighted by Gasteiger charge is 2.38. The van der Waals surface area contributed by atoms with Gasteiger partial charge in [0, 0.05) is 30.8 Å². The zero-order valence-corrected chi connectivity index (χ0v) is 16.5. The smallest absolute Gasteiger partial charge is 0.415 e. The van der Waals surface area contributed by atoms with E-state index in [0.717, 1.165) is 5.69 Å². The van der Waals surface area contributed by atoms with Crippen LogP contribution >= 0.6 is 0 Å². The fraction of sp³-hybridized carbons (Fsp3) is 0.706. The minimum atomic E-state index is -3.16. The largest absolute Gasteiger partial charge is 0.447 e. The van der Waals surface area contributed by atoms with E-state index < -0.39 is 10.0 Å². The van der Waals surface area contributed by atoms with Crippen LogP contribution in [0.15, 0.2) is 6.07 Å². The fourth-order valence-electron chi connectivity index (χ4n) is 3.52. The fourth-order valence-corrected chi connectivity index (χ4v) is 4.39. The van der Waals surface area contributed by atoms with Crippen LogP contribution in [-0.4, -0.2) is 60.8 Å². The molecule has 1 aromatic heterocycles.